The third-order valence-corrected chi connectivity index (χ3v) is 2.79. The van der Waals surface area contributed by atoms with Crippen molar-refractivity contribution < 1.29 is 0 Å². The fourth-order valence-corrected chi connectivity index (χ4v) is 1.63. The van der Waals surface area contributed by atoms with Crippen LogP contribution in [0.5, 0.6) is 0 Å². The first-order valence-electron chi connectivity index (χ1n) is 4.69. The lowest BCUT2D eigenvalue weighted by Crippen LogP contribution is -2.05. The van der Waals surface area contributed by atoms with Crippen molar-refractivity contribution in [1.29, 1.82) is 0 Å². The van der Waals surface area contributed by atoms with Crippen LogP contribution in [-0.2, 0) is 13.1 Å². The van der Waals surface area contributed by atoms with Crippen LogP contribution in [0, 0.1) is 0 Å². The number of halogens is 1. The van der Waals surface area contributed by atoms with Gasteiger partial charge in [0, 0.05) is 18.3 Å². The van der Waals surface area contributed by atoms with Gasteiger partial charge in [-0.1, -0.05) is 0 Å². The van der Waals surface area contributed by atoms with Crippen LogP contribution >= 0.6 is 15.9 Å². The molecule has 0 saturated heterocycles. The summed E-state index contributed by atoms with van der Waals surface area (Å²) in [6.45, 7) is 3.57. The summed E-state index contributed by atoms with van der Waals surface area (Å²) in [5.74, 6) is 0.638. The van der Waals surface area contributed by atoms with Crippen LogP contribution in [0.4, 0.5) is 5.82 Å². The Morgan fingerprint density at radius 3 is 2.73 bits per heavy atom. The lowest BCUT2D eigenvalue weighted by Gasteiger charge is -2.01. The van der Waals surface area contributed by atoms with Gasteiger partial charge in [0.25, 0.3) is 0 Å². The molecule has 2 heterocycles. The van der Waals surface area contributed by atoms with E-state index in [4.69, 9.17) is 5.73 Å². The largest absolute Gasteiger partial charge is 0.383 e. The van der Waals surface area contributed by atoms with Gasteiger partial charge in [-0.05, 0) is 22.9 Å². The summed E-state index contributed by atoms with van der Waals surface area (Å²) in [4.78, 5) is 0. The molecule has 6 heteroatoms. The minimum atomic E-state index is 0.638. The molecule has 2 rings (SSSR count). The minimum Gasteiger partial charge on any atom is -0.383 e. The van der Waals surface area contributed by atoms with Crippen molar-refractivity contribution in [2.75, 3.05) is 5.73 Å². The number of aromatic nitrogens is 4. The van der Waals surface area contributed by atoms with Crippen LogP contribution in [0.3, 0.4) is 0 Å². The minimum absolute atomic E-state index is 0.638. The monoisotopic (exact) mass is 269 g/mol. The molecule has 0 fully saturated rings. The molecule has 0 aliphatic rings. The molecule has 0 aliphatic heterocycles. The van der Waals surface area contributed by atoms with Crippen LogP contribution in [0.2, 0.25) is 0 Å². The fraction of sp³-hybridized carbons (Fsp3) is 0.333. The average molecular weight is 270 g/mol. The Bertz CT molecular complexity index is 459. The van der Waals surface area contributed by atoms with Gasteiger partial charge < -0.3 is 5.73 Å². The molecule has 0 unspecified atom stereocenters. The molecule has 5 nitrogen and oxygen atoms in total. The molecule has 0 amide bonds. The highest BCUT2D eigenvalue weighted by Gasteiger charge is 2.06. The summed E-state index contributed by atoms with van der Waals surface area (Å²) in [6, 6.07) is 0. The number of hydrogen-bond donors (Lipinski definition) is 1. The second kappa shape index (κ2) is 4.06. The van der Waals surface area contributed by atoms with E-state index in [1.54, 1.807) is 10.9 Å². The molecule has 80 valence electrons. The number of aryl methyl sites for hydroxylation is 1. The Labute approximate surface area is 96.0 Å². The molecule has 0 spiro atoms. The zero-order valence-corrected chi connectivity index (χ0v) is 9.98. The number of nitrogens with zero attached hydrogens (tertiary/aromatic N) is 4. The number of nitrogens with two attached hydrogens (primary N) is 1. The highest BCUT2D eigenvalue weighted by atomic mass is 79.9. The smallest absolute Gasteiger partial charge is 0.136 e. The maximum absolute atomic E-state index is 5.82. The normalized spacial score (nSPS) is 10.8. The molecule has 0 aliphatic carbocycles. The summed E-state index contributed by atoms with van der Waals surface area (Å²) in [5.41, 5.74) is 6.91. The van der Waals surface area contributed by atoms with Crippen molar-refractivity contribution in [3.05, 3.63) is 28.6 Å². The molecule has 15 heavy (non-hydrogen) atoms. The fourth-order valence-electron chi connectivity index (χ4n) is 1.33. The van der Waals surface area contributed by atoms with Crippen molar-refractivity contribution in [2.45, 2.75) is 20.0 Å². The van der Waals surface area contributed by atoms with Crippen LogP contribution in [-0.4, -0.2) is 19.6 Å². The first-order valence-corrected chi connectivity index (χ1v) is 5.48. The van der Waals surface area contributed by atoms with E-state index in [1.165, 1.54) is 0 Å². The molecule has 2 aromatic rings. The Kier molecular flexibility index (Phi) is 2.77. The lowest BCUT2D eigenvalue weighted by molar-refractivity contribution is 0.656. The van der Waals surface area contributed by atoms with Gasteiger partial charge >= 0.3 is 0 Å². The summed E-state index contributed by atoms with van der Waals surface area (Å²) in [6.07, 6.45) is 5.52. The molecular weight excluding hydrogens is 258 g/mol. The summed E-state index contributed by atoms with van der Waals surface area (Å²) in [7, 11) is 0. The van der Waals surface area contributed by atoms with E-state index in [9.17, 15) is 0 Å². The zero-order chi connectivity index (χ0) is 10.8. The van der Waals surface area contributed by atoms with Gasteiger partial charge in [-0.3, -0.25) is 4.68 Å². The molecule has 0 saturated carbocycles. The molecule has 0 atom stereocenters. The highest BCUT2D eigenvalue weighted by molar-refractivity contribution is 9.10. The van der Waals surface area contributed by atoms with Crippen molar-refractivity contribution >= 4 is 21.7 Å². The van der Waals surface area contributed by atoms with Gasteiger partial charge in [-0.25, -0.2) is 4.68 Å². The number of nitrogen functional groups attached to an aromatic ring is 1. The quantitative estimate of drug-likeness (QED) is 0.919. The van der Waals surface area contributed by atoms with Crippen LogP contribution in [0.1, 0.15) is 12.5 Å². The number of hydrogen-bond acceptors (Lipinski definition) is 3. The Morgan fingerprint density at radius 1 is 1.40 bits per heavy atom. The predicted octanol–water partition coefficient (Wildman–Crippen LogP) is 1.49. The molecule has 0 bridgehead atoms. The maximum Gasteiger partial charge on any atom is 0.136 e. The van der Waals surface area contributed by atoms with E-state index in [2.05, 4.69) is 33.1 Å². The average Bonchev–Trinajstić information content (AvgIpc) is 2.80. The van der Waals surface area contributed by atoms with E-state index >= 15 is 0 Å². The highest BCUT2D eigenvalue weighted by Crippen LogP contribution is 2.18. The van der Waals surface area contributed by atoms with Crippen molar-refractivity contribution in [2.24, 2.45) is 0 Å². The summed E-state index contributed by atoms with van der Waals surface area (Å²) in [5, 5.41) is 8.34. The molecule has 2 N–H and O–H groups in total. The topological polar surface area (TPSA) is 61.7 Å². The first kappa shape index (κ1) is 10.2. The standard InChI is InChI=1S/C9H12BrN5/c1-2-14-5-7(3-12-14)6-15-9(11)8(10)4-13-15/h3-5H,2,6,11H2,1H3. The first-order chi connectivity index (χ1) is 7.20. The van der Waals surface area contributed by atoms with Gasteiger partial charge in [0.1, 0.15) is 5.82 Å². The van der Waals surface area contributed by atoms with Crippen molar-refractivity contribution in [1.82, 2.24) is 19.6 Å². The van der Waals surface area contributed by atoms with Crippen LogP contribution in [0.15, 0.2) is 23.1 Å². The van der Waals surface area contributed by atoms with Crippen molar-refractivity contribution in [3.8, 4) is 0 Å². The number of rotatable bonds is 3. The molecular formula is C9H12BrN5. The van der Waals surface area contributed by atoms with Gasteiger partial charge in [-0.2, -0.15) is 10.2 Å². The van der Waals surface area contributed by atoms with E-state index in [1.807, 2.05) is 17.1 Å². The van der Waals surface area contributed by atoms with E-state index in [0.29, 0.717) is 12.4 Å². The van der Waals surface area contributed by atoms with E-state index in [0.717, 1.165) is 16.6 Å². The maximum atomic E-state index is 5.82. The van der Waals surface area contributed by atoms with Crippen LogP contribution in [0.25, 0.3) is 0 Å². The zero-order valence-electron chi connectivity index (χ0n) is 8.39. The Morgan fingerprint density at radius 2 is 2.20 bits per heavy atom. The van der Waals surface area contributed by atoms with Gasteiger partial charge in [0.2, 0.25) is 0 Å². The lowest BCUT2D eigenvalue weighted by atomic mass is 10.3. The Balaban J connectivity index is 2.18. The second-order valence-electron chi connectivity index (χ2n) is 3.24. The van der Waals surface area contributed by atoms with Crippen LogP contribution < -0.4 is 5.73 Å². The summed E-state index contributed by atoms with van der Waals surface area (Å²) < 4.78 is 4.44. The predicted molar refractivity (Wildman–Crippen MR) is 61.3 cm³/mol. The SMILES string of the molecule is CCn1cc(Cn2ncc(Br)c2N)cn1. The third-order valence-electron chi connectivity index (χ3n) is 2.18. The Hall–Kier alpha value is -1.30. The molecule has 2 aromatic heterocycles. The van der Waals surface area contributed by atoms with Gasteiger partial charge in [0.05, 0.1) is 23.4 Å². The number of anilines is 1. The molecule has 0 radical (unpaired) electrons. The second-order valence-corrected chi connectivity index (χ2v) is 4.09. The van der Waals surface area contributed by atoms with Crippen molar-refractivity contribution in [3.63, 3.8) is 0 Å². The third kappa shape index (κ3) is 2.04. The van der Waals surface area contributed by atoms with Gasteiger partial charge in [0.15, 0.2) is 0 Å². The molecule has 0 aromatic carbocycles. The van der Waals surface area contributed by atoms with E-state index < -0.39 is 0 Å². The van der Waals surface area contributed by atoms with Gasteiger partial charge in [-0.15, -0.1) is 0 Å². The summed E-state index contributed by atoms with van der Waals surface area (Å²) >= 11 is 3.32. The van der Waals surface area contributed by atoms with E-state index in [-0.39, 0.29) is 0 Å².